The lowest BCUT2D eigenvalue weighted by Crippen LogP contribution is -2.53. The molecule has 130 valence electrons. The summed E-state index contributed by atoms with van der Waals surface area (Å²) in [5.41, 5.74) is 1.65. The van der Waals surface area contributed by atoms with Gasteiger partial charge in [0.2, 0.25) is 0 Å². The van der Waals surface area contributed by atoms with Gasteiger partial charge >= 0.3 is 0 Å². The van der Waals surface area contributed by atoms with Crippen molar-refractivity contribution in [2.75, 3.05) is 13.2 Å². The minimum Gasteiger partial charge on any atom is -0.372 e. The van der Waals surface area contributed by atoms with Crippen molar-refractivity contribution in [2.45, 2.75) is 37.7 Å². The average Bonchev–Trinajstić information content (AvgIpc) is 3.10. The standard InChI is InChI=1S/C18H20N4O3/c23-18(14-5-8-20-21-11-14)22-9-10-24-17-15(22)1-2-16(17)25-12-13-3-6-19-7-4-13/h3-8,11,15-17H,1-2,9-10,12H2/t15-,16-,17+/m0/s1. The fourth-order valence-electron chi connectivity index (χ4n) is 3.61. The van der Waals surface area contributed by atoms with Crippen molar-refractivity contribution in [3.05, 3.63) is 54.1 Å². The van der Waals surface area contributed by atoms with E-state index in [0.717, 1.165) is 18.4 Å². The molecule has 0 aromatic carbocycles. The Balaban J connectivity index is 1.42. The SMILES string of the molecule is O=C(c1ccnnc1)N1CCO[C@H]2[C@@H](OCc3ccncc3)CC[C@@H]21. The minimum atomic E-state index is -0.0747. The molecule has 0 spiro atoms. The van der Waals surface area contributed by atoms with Gasteiger partial charge in [-0.3, -0.25) is 9.78 Å². The topological polar surface area (TPSA) is 77.4 Å². The summed E-state index contributed by atoms with van der Waals surface area (Å²) in [6, 6.07) is 5.64. The van der Waals surface area contributed by atoms with Gasteiger partial charge < -0.3 is 14.4 Å². The van der Waals surface area contributed by atoms with Crippen molar-refractivity contribution < 1.29 is 14.3 Å². The van der Waals surface area contributed by atoms with Crippen LogP contribution in [0.4, 0.5) is 0 Å². The van der Waals surface area contributed by atoms with Gasteiger partial charge in [0.25, 0.3) is 5.91 Å². The van der Waals surface area contributed by atoms with Gasteiger partial charge in [-0.05, 0) is 36.6 Å². The molecule has 0 N–H and O–H groups in total. The molecule has 7 heteroatoms. The van der Waals surface area contributed by atoms with Crippen molar-refractivity contribution in [1.82, 2.24) is 20.1 Å². The van der Waals surface area contributed by atoms with Crippen LogP contribution in [0.5, 0.6) is 0 Å². The van der Waals surface area contributed by atoms with Crippen LogP contribution in [0.3, 0.4) is 0 Å². The minimum absolute atomic E-state index is 0.00401. The third-order valence-corrected chi connectivity index (χ3v) is 4.84. The molecule has 2 aromatic heterocycles. The summed E-state index contributed by atoms with van der Waals surface area (Å²) in [6.45, 7) is 1.65. The molecule has 3 heterocycles. The molecule has 1 amide bonds. The molecule has 1 saturated heterocycles. The Kier molecular flexibility index (Phi) is 4.67. The summed E-state index contributed by atoms with van der Waals surface area (Å²) in [6.07, 6.45) is 8.28. The van der Waals surface area contributed by atoms with E-state index in [2.05, 4.69) is 15.2 Å². The smallest absolute Gasteiger partial charge is 0.255 e. The number of morpholine rings is 1. The summed E-state index contributed by atoms with van der Waals surface area (Å²) in [5.74, 6) is -0.0111. The van der Waals surface area contributed by atoms with E-state index in [0.29, 0.717) is 25.3 Å². The fourth-order valence-corrected chi connectivity index (χ4v) is 3.61. The third kappa shape index (κ3) is 3.38. The van der Waals surface area contributed by atoms with E-state index in [4.69, 9.17) is 9.47 Å². The highest BCUT2D eigenvalue weighted by Crippen LogP contribution is 2.33. The number of nitrogens with zero attached hydrogens (tertiary/aromatic N) is 4. The van der Waals surface area contributed by atoms with Gasteiger partial charge in [0.1, 0.15) is 6.10 Å². The lowest BCUT2D eigenvalue weighted by Gasteiger charge is -2.39. The monoisotopic (exact) mass is 340 g/mol. The summed E-state index contributed by atoms with van der Waals surface area (Å²) in [4.78, 5) is 18.7. The first kappa shape index (κ1) is 16.1. The second kappa shape index (κ2) is 7.25. The molecule has 1 aliphatic heterocycles. The maximum Gasteiger partial charge on any atom is 0.255 e. The first-order chi connectivity index (χ1) is 12.3. The lowest BCUT2D eigenvalue weighted by molar-refractivity contribution is -0.108. The molecule has 1 saturated carbocycles. The molecule has 2 aromatic rings. The van der Waals surface area contributed by atoms with E-state index in [-0.39, 0.29) is 24.2 Å². The largest absolute Gasteiger partial charge is 0.372 e. The van der Waals surface area contributed by atoms with Crippen LogP contribution in [0.2, 0.25) is 0 Å². The number of aromatic nitrogens is 3. The number of hydrogen-bond donors (Lipinski definition) is 0. The average molecular weight is 340 g/mol. The highest BCUT2D eigenvalue weighted by molar-refractivity contribution is 5.94. The van der Waals surface area contributed by atoms with Crippen LogP contribution in [-0.2, 0) is 16.1 Å². The van der Waals surface area contributed by atoms with Crippen molar-refractivity contribution in [1.29, 1.82) is 0 Å². The predicted molar refractivity (Wildman–Crippen MR) is 88.6 cm³/mol. The second-order valence-electron chi connectivity index (χ2n) is 6.31. The maximum atomic E-state index is 12.8. The van der Waals surface area contributed by atoms with Gasteiger partial charge in [-0.1, -0.05) is 0 Å². The number of hydrogen-bond acceptors (Lipinski definition) is 6. The van der Waals surface area contributed by atoms with E-state index in [1.165, 1.54) is 6.20 Å². The van der Waals surface area contributed by atoms with Gasteiger partial charge in [0.15, 0.2) is 0 Å². The Morgan fingerprint density at radius 1 is 1.20 bits per heavy atom. The van der Waals surface area contributed by atoms with E-state index in [1.807, 2.05) is 17.0 Å². The highest BCUT2D eigenvalue weighted by Gasteiger charge is 2.45. The molecular formula is C18H20N4O3. The number of rotatable bonds is 4. The molecule has 4 rings (SSSR count). The van der Waals surface area contributed by atoms with E-state index < -0.39 is 0 Å². The quantitative estimate of drug-likeness (QED) is 0.839. The lowest BCUT2D eigenvalue weighted by atomic mass is 10.1. The Labute approximate surface area is 146 Å². The van der Waals surface area contributed by atoms with E-state index in [1.54, 1.807) is 24.7 Å². The molecule has 0 unspecified atom stereocenters. The number of ether oxygens (including phenoxy) is 2. The summed E-state index contributed by atoms with van der Waals surface area (Å²) >= 11 is 0. The molecule has 7 nitrogen and oxygen atoms in total. The molecule has 25 heavy (non-hydrogen) atoms. The predicted octanol–water partition coefficient (Wildman–Crippen LogP) is 1.46. The third-order valence-electron chi connectivity index (χ3n) is 4.84. The van der Waals surface area contributed by atoms with E-state index in [9.17, 15) is 4.79 Å². The van der Waals surface area contributed by atoms with Gasteiger partial charge in [-0.25, -0.2) is 0 Å². The van der Waals surface area contributed by atoms with Gasteiger partial charge in [-0.2, -0.15) is 10.2 Å². The molecule has 1 aliphatic carbocycles. The Hall–Kier alpha value is -2.38. The Bertz CT molecular complexity index is 713. The number of carbonyl (C=O) groups is 1. The van der Waals surface area contributed by atoms with Crippen LogP contribution in [0, 0.1) is 0 Å². The van der Waals surface area contributed by atoms with Crippen molar-refractivity contribution >= 4 is 5.91 Å². The van der Waals surface area contributed by atoms with Gasteiger partial charge in [0.05, 0.1) is 43.3 Å². The number of fused-ring (bicyclic) bond motifs is 1. The number of carbonyl (C=O) groups excluding carboxylic acids is 1. The zero-order chi connectivity index (χ0) is 17.1. The molecular weight excluding hydrogens is 320 g/mol. The van der Waals surface area contributed by atoms with Crippen LogP contribution in [-0.4, -0.2) is 57.4 Å². The van der Waals surface area contributed by atoms with Crippen LogP contribution in [0.15, 0.2) is 43.0 Å². The first-order valence-electron chi connectivity index (χ1n) is 8.53. The zero-order valence-electron chi connectivity index (χ0n) is 13.8. The summed E-state index contributed by atoms with van der Waals surface area (Å²) < 4.78 is 12.0. The molecule has 2 fully saturated rings. The molecule has 0 radical (unpaired) electrons. The Morgan fingerprint density at radius 3 is 2.88 bits per heavy atom. The van der Waals surface area contributed by atoms with E-state index >= 15 is 0 Å². The Morgan fingerprint density at radius 2 is 2.08 bits per heavy atom. The normalized spacial score (nSPS) is 25.6. The van der Waals surface area contributed by atoms with Crippen molar-refractivity contribution in [3.8, 4) is 0 Å². The van der Waals surface area contributed by atoms with Crippen LogP contribution in [0.25, 0.3) is 0 Å². The fraction of sp³-hybridized carbons (Fsp3) is 0.444. The summed E-state index contributed by atoms with van der Waals surface area (Å²) in [5, 5.41) is 7.54. The van der Waals surface area contributed by atoms with Gasteiger partial charge in [0, 0.05) is 18.9 Å². The highest BCUT2D eigenvalue weighted by atomic mass is 16.5. The van der Waals surface area contributed by atoms with Crippen molar-refractivity contribution in [3.63, 3.8) is 0 Å². The maximum absolute atomic E-state index is 12.8. The van der Waals surface area contributed by atoms with Crippen LogP contribution < -0.4 is 0 Å². The first-order valence-corrected chi connectivity index (χ1v) is 8.53. The van der Waals surface area contributed by atoms with Crippen LogP contribution in [0.1, 0.15) is 28.8 Å². The van der Waals surface area contributed by atoms with Crippen LogP contribution >= 0.6 is 0 Å². The van der Waals surface area contributed by atoms with Crippen molar-refractivity contribution in [2.24, 2.45) is 0 Å². The summed E-state index contributed by atoms with van der Waals surface area (Å²) in [7, 11) is 0. The molecule has 2 aliphatic rings. The van der Waals surface area contributed by atoms with Gasteiger partial charge in [-0.15, -0.1) is 0 Å². The molecule has 0 bridgehead atoms. The number of amides is 1. The second-order valence-corrected chi connectivity index (χ2v) is 6.31. The molecule has 3 atom stereocenters. The zero-order valence-corrected chi connectivity index (χ0v) is 13.8. The number of pyridine rings is 1.